The summed E-state index contributed by atoms with van der Waals surface area (Å²) in [6, 6.07) is 18.4. The summed E-state index contributed by atoms with van der Waals surface area (Å²) in [4.78, 5) is 37.3. The van der Waals surface area contributed by atoms with Crippen LogP contribution in [0.4, 0.5) is 0 Å². The highest BCUT2D eigenvalue weighted by Crippen LogP contribution is 2.32. The monoisotopic (exact) mass is 489 g/mol. The van der Waals surface area contributed by atoms with Crippen molar-refractivity contribution in [3.8, 4) is 11.5 Å². The van der Waals surface area contributed by atoms with E-state index in [0.717, 1.165) is 5.56 Å². The van der Waals surface area contributed by atoms with Crippen LogP contribution in [0.3, 0.4) is 0 Å². The van der Waals surface area contributed by atoms with Crippen LogP contribution >= 0.6 is 0 Å². The van der Waals surface area contributed by atoms with Crippen molar-refractivity contribution in [2.24, 2.45) is 0 Å². The molecular weight excluding hydrogens is 462 g/mol. The number of carbonyl (C=O) groups is 3. The van der Waals surface area contributed by atoms with E-state index < -0.39 is 17.5 Å². The number of ether oxygens (including phenoxy) is 4. The van der Waals surface area contributed by atoms with Crippen molar-refractivity contribution in [3.05, 3.63) is 94.5 Å². The number of nitrogens with one attached hydrogen (secondary N) is 1. The Bertz CT molecular complexity index is 1280. The van der Waals surface area contributed by atoms with Crippen molar-refractivity contribution in [2.45, 2.75) is 39.5 Å². The Balaban J connectivity index is 1.31. The molecule has 186 valence electrons. The zero-order valence-electron chi connectivity index (χ0n) is 20.3. The van der Waals surface area contributed by atoms with Crippen LogP contribution in [0.25, 0.3) is 0 Å². The minimum Gasteiger partial charge on any atom is -0.457 e. The third-order valence-corrected chi connectivity index (χ3v) is 5.21. The van der Waals surface area contributed by atoms with Crippen molar-refractivity contribution in [1.29, 1.82) is 0 Å². The van der Waals surface area contributed by atoms with Crippen LogP contribution in [-0.2, 0) is 22.6 Å². The fourth-order valence-electron chi connectivity index (χ4n) is 3.43. The topological polar surface area (TPSA) is 100 Å². The van der Waals surface area contributed by atoms with Crippen LogP contribution in [0.5, 0.6) is 11.5 Å². The van der Waals surface area contributed by atoms with Gasteiger partial charge in [-0.2, -0.15) is 0 Å². The molecule has 0 aliphatic carbocycles. The van der Waals surface area contributed by atoms with Gasteiger partial charge in [-0.05, 0) is 74.4 Å². The van der Waals surface area contributed by atoms with Crippen molar-refractivity contribution in [1.82, 2.24) is 5.32 Å². The Morgan fingerprint density at radius 1 is 0.806 bits per heavy atom. The van der Waals surface area contributed by atoms with Gasteiger partial charge in [-0.3, -0.25) is 4.79 Å². The van der Waals surface area contributed by atoms with E-state index in [4.69, 9.17) is 18.9 Å². The third-order valence-electron chi connectivity index (χ3n) is 5.21. The number of rotatable bonds is 7. The van der Waals surface area contributed by atoms with E-state index >= 15 is 0 Å². The summed E-state index contributed by atoms with van der Waals surface area (Å²) in [7, 11) is 0. The van der Waals surface area contributed by atoms with Crippen molar-refractivity contribution in [2.75, 3.05) is 6.79 Å². The number of fused-ring (bicyclic) bond motifs is 1. The molecule has 8 nitrogen and oxygen atoms in total. The quantitative estimate of drug-likeness (QED) is 0.482. The lowest BCUT2D eigenvalue weighted by atomic mass is 10.1. The number of carbonyl (C=O) groups excluding carboxylic acids is 3. The van der Waals surface area contributed by atoms with Crippen LogP contribution in [0.2, 0.25) is 0 Å². The first-order valence-corrected chi connectivity index (χ1v) is 11.4. The maximum absolute atomic E-state index is 12.6. The van der Waals surface area contributed by atoms with E-state index in [1.807, 2.05) is 12.1 Å². The van der Waals surface area contributed by atoms with E-state index in [0.29, 0.717) is 34.7 Å². The van der Waals surface area contributed by atoms with Crippen LogP contribution in [0.1, 0.15) is 63.0 Å². The van der Waals surface area contributed by atoms with Crippen LogP contribution in [0, 0.1) is 0 Å². The van der Waals surface area contributed by atoms with E-state index in [9.17, 15) is 14.4 Å². The van der Waals surface area contributed by atoms with Gasteiger partial charge in [0.15, 0.2) is 11.5 Å². The van der Waals surface area contributed by atoms with Gasteiger partial charge in [0, 0.05) is 12.1 Å². The second kappa shape index (κ2) is 10.5. The summed E-state index contributed by atoms with van der Waals surface area (Å²) in [6.45, 7) is 5.91. The van der Waals surface area contributed by atoms with Gasteiger partial charge < -0.3 is 24.3 Å². The number of amides is 1. The molecule has 0 saturated carbocycles. The average molecular weight is 490 g/mol. The number of esters is 2. The van der Waals surface area contributed by atoms with Gasteiger partial charge in [0.05, 0.1) is 11.1 Å². The number of benzene rings is 3. The summed E-state index contributed by atoms with van der Waals surface area (Å²) >= 11 is 0. The predicted octanol–water partition coefficient (Wildman–Crippen LogP) is 4.66. The van der Waals surface area contributed by atoms with Gasteiger partial charge in [0.2, 0.25) is 6.79 Å². The minimum absolute atomic E-state index is 0.0218. The molecule has 0 atom stereocenters. The second-order valence-electron chi connectivity index (χ2n) is 9.23. The molecule has 0 fully saturated rings. The van der Waals surface area contributed by atoms with E-state index in [2.05, 4.69) is 5.32 Å². The number of hydrogen-bond donors (Lipinski definition) is 1. The Morgan fingerprint density at radius 3 is 2.25 bits per heavy atom. The van der Waals surface area contributed by atoms with E-state index in [-0.39, 0.29) is 24.9 Å². The Morgan fingerprint density at radius 2 is 1.50 bits per heavy atom. The van der Waals surface area contributed by atoms with Crippen molar-refractivity contribution in [3.63, 3.8) is 0 Å². The molecule has 1 N–H and O–H groups in total. The fourth-order valence-corrected chi connectivity index (χ4v) is 3.43. The molecule has 8 heteroatoms. The molecule has 0 aromatic heterocycles. The molecule has 3 aromatic carbocycles. The summed E-state index contributed by atoms with van der Waals surface area (Å²) in [5.41, 5.74) is 2.01. The van der Waals surface area contributed by atoms with Crippen LogP contribution in [-0.4, -0.2) is 30.2 Å². The Hall–Kier alpha value is -4.33. The number of hydrogen-bond acceptors (Lipinski definition) is 7. The zero-order chi connectivity index (χ0) is 25.7. The second-order valence-corrected chi connectivity index (χ2v) is 9.23. The van der Waals surface area contributed by atoms with Crippen molar-refractivity contribution >= 4 is 17.8 Å². The normalized spacial score (nSPS) is 12.1. The summed E-state index contributed by atoms with van der Waals surface area (Å²) < 4.78 is 21.4. The fraction of sp³-hybridized carbons (Fsp3) is 0.250. The first-order chi connectivity index (χ1) is 17.2. The summed E-state index contributed by atoms with van der Waals surface area (Å²) in [6.07, 6.45) is 0. The van der Waals surface area contributed by atoms with E-state index in [1.54, 1.807) is 69.3 Å². The van der Waals surface area contributed by atoms with Gasteiger partial charge in [0.1, 0.15) is 12.2 Å². The molecular formula is C28H27NO7. The highest BCUT2D eigenvalue weighted by Gasteiger charge is 2.18. The molecule has 1 aliphatic rings. The van der Waals surface area contributed by atoms with E-state index in [1.165, 1.54) is 6.07 Å². The third kappa shape index (κ3) is 6.41. The predicted molar refractivity (Wildman–Crippen MR) is 131 cm³/mol. The van der Waals surface area contributed by atoms with Gasteiger partial charge in [-0.1, -0.05) is 24.3 Å². The van der Waals surface area contributed by atoms with Gasteiger partial charge in [0.25, 0.3) is 5.91 Å². The lowest BCUT2D eigenvalue weighted by Crippen LogP contribution is -2.23. The SMILES string of the molecule is CC(C)(C)OC(=O)c1ccc(COC(=O)c2cccc(C(=O)NCc3ccc4c(c3)OCO4)c2)cc1. The van der Waals surface area contributed by atoms with Crippen molar-refractivity contribution < 1.29 is 33.3 Å². The molecule has 1 heterocycles. The largest absolute Gasteiger partial charge is 0.457 e. The molecule has 0 unspecified atom stereocenters. The smallest absolute Gasteiger partial charge is 0.338 e. The molecule has 4 rings (SSSR count). The Kier molecular flexibility index (Phi) is 7.24. The molecule has 3 aromatic rings. The molecule has 0 radical (unpaired) electrons. The maximum Gasteiger partial charge on any atom is 0.338 e. The molecule has 36 heavy (non-hydrogen) atoms. The standard InChI is InChI=1S/C28H27NO7/c1-28(2,3)36-27(32)20-10-7-18(8-11-20)16-33-26(31)22-6-4-5-21(14-22)25(30)29-15-19-9-12-23-24(13-19)35-17-34-23/h4-14H,15-17H2,1-3H3,(H,29,30). The highest BCUT2D eigenvalue weighted by atomic mass is 16.7. The lowest BCUT2D eigenvalue weighted by molar-refractivity contribution is 0.00688. The first-order valence-electron chi connectivity index (χ1n) is 11.4. The molecule has 1 amide bonds. The minimum atomic E-state index is -0.581. The lowest BCUT2D eigenvalue weighted by Gasteiger charge is -2.19. The van der Waals surface area contributed by atoms with Crippen LogP contribution in [0.15, 0.2) is 66.7 Å². The maximum atomic E-state index is 12.6. The zero-order valence-corrected chi connectivity index (χ0v) is 20.3. The van der Waals surface area contributed by atoms with Gasteiger partial charge >= 0.3 is 11.9 Å². The summed E-state index contributed by atoms with van der Waals surface area (Å²) in [5, 5.41) is 2.83. The average Bonchev–Trinajstić information content (AvgIpc) is 3.33. The molecule has 0 bridgehead atoms. The van der Waals surface area contributed by atoms with Crippen LogP contribution < -0.4 is 14.8 Å². The van der Waals surface area contributed by atoms with Gasteiger partial charge in [-0.25, -0.2) is 9.59 Å². The highest BCUT2D eigenvalue weighted by molar-refractivity contribution is 5.98. The molecule has 0 saturated heterocycles. The first kappa shape index (κ1) is 24.8. The molecule has 0 spiro atoms. The Labute approximate surface area is 209 Å². The summed E-state index contributed by atoms with van der Waals surface area (Å²) in [5.74, 6) is 0.0256. The molecule has 1 aliphatic heterocycles. The van der Waals surface area contributed by atoms with Gasteiger partial charge in [-0.15, -0.1) is 0 Å².